The van der Waals surface area contributed by atoms with Crippen molar-refractivity contribution in [3.8, 4) is 11.5 Å². The Morgan fingerprint density at radius 3 is 2.73 bits per heavy atom. The number of benzene rings is 2. The van der Waals surface area contributed by atoms with E-state index in [1.54, 1.807) is 44.5 Å². The number of nitrogens with zero attached hydrogens (tertiary/aromatic N) is 2. The first-order valence-corrected chi connectivity index (χ1v) is 12.0. The molecule has 0 spiro atoms. The molecular formula is C29H27N3O5. The third-order valence-corrected chi connectivity index (χ3v) is 6.82. The van der Waals surface area contributed by atoms with E-state index in [1.165, 1.54) is 6.33 Å². The summed E-state index contributed by atoms with van der Waals surface area (Å²) in [5.74, 6) is -0.563. The minimum Gasteiger partial charge on any atom is -0.508 e. The average Bonchev–Trinajstić information content (AvgIpc) is 2.91. The van der Waals surface area contributed by atoms with Crippen LogP contribution in [0.4, 0.5) is 0 Å². The van der Waals surface area contributed by atoms with Crippen molar-refractivity contribution in [2.45, 2.75) is 38.2 Å². The van der Waals surface area contributed by atoms with Crippen LogP contribution in [0.5, 0.6) is 11.5 Å². The predicted molar refractivity (Wildman–Crippen MR) is 136 cm³/mol. The summed E-state index contributed by atoms with van der Waals surface area (Å²) in [5, 5.41) is 13.6. The molecule has 37 heavy (non-hydrogen) atoms. The molecule has 0 fully saturated rings. The average molecular weight is 498 g/mol. The summed E-state index contributed by atoms with van der Waals surface area (Å²) in [7, 11) is 1.62. The number of nitrogens with one attached hydrogen (secondary N) is 1. The van der Waals surface area contributed by atoms with Gasteiger partial charge in [-0.2, -0.15) is 0 Å². The molecule has 1 aromatic heterocycles. The van der Waals surface area contributed by atoms with Crippen molar-refractivity contribution in [2.75, 3.05) is 7.11 Å². The smallest absolute Gasteiger partial charge is 0.337 e. The lowest BCUT2D eigenvalue weighted by molar-refractivity contribution is -0.140. The molecule has 0 unspecified atom stereocenters. The van der Waals surface area contributed by atoms with Gasteiger partial charge in [0.2, 0.25) is 0 Å². The molecule has 3 aromatic rings. The summed E-state index contributed by atoms with van der Waals surface area (Å²) < 4.78 is 11.2. The molecule has 188 valence electrons. The number of methoxy groups -OCH3 is 1. The number of hydrogen-bond donors (Lipinski definition) is 2. The largest absolute Gasteiger partial charge is 0.508 e. The van der Waals surface area contributed by atoms with E-state index in [0.29, 0.717) is 34.5 Å². The molecule has 8 heteroatoms. The highest BCUT2D eigenvalue weighted by Crippen LogP contribution is 2.47. The Kier molecular flexibility index (Phi) is 6.72. The second kappa shape index (κ2) is 10.3. The lowest BCUT2D eigenvalue weighted by Gasteiger charge is -2.37. The number of rotatable bonds is 6. The topological polar surface area (TPSA) is 111 Å². The Morgan fingerprint density at radius 2 is 1.97 bits per heavy atom. The number of aromatic nitrogens is 2. The van der Waals surface area contributed by atoms with Crippen LogP contribution in [0.15, 0.2) is 89.7 Å². The number of ether oxygens (including phenoxy) is 2. The maximum absolute atomic E-state index is 13.7. The van der Waals surface area contributed by atoms with Gasteiger partial charge in [0, 0.05) is 41.4 Å². The second-order valence-corrected chi connectivity index (χ2v) is 9.13. The van der Waals surface area contributed by atoms with Gasteiger partial charge in [0.1, 0.15) is 24.4 Å². The van der Waals surface area contributed by atoms with E-state index >= 15 is 0 Å². The van der Waals surface area contributed by atoms with E-state index in [-0.39, 0.29) is 30.5 Å². The standard InChI is InChI=1S/C29H27N3O5/c1-17-26(29(35)37-15-20-10-11-30-16-31-20)27(18-6-5-7-21(33)12-18)28-23(32-17)13-19(14-24(28)34)22-8-3-4-9-25(22)36-2/h3-12,16,19,27,32-33H,13-15H2,1-2H3/t19-,27-/m1/s1. The van der Waals surface area contributed by atoms with Crippen molar-refractivity contribution >= 4 is 11.8 Å². The predicted octanol–water partition coefficient (Wildman–Crippen LogP) is 4.30. The van der Waals surface area contributed by atoms with Crippen molar-refractivity contribution in [2.24, 2.45) is 0 Å². The third-order valence-electron chi connectivity index (χ3n) is 6.82. The number of allylic oxidation sites excluding steroid dienone is 3. The zero-order valence-electron chi connectivity index (χ0n) is 20.6. The fourth-order valence-electron chi connectivity index (χ4n) is 5.19. The molecule has 0 radical (unpaired) electrons. The molecular weight excluding hydrogens is 470 g/mol. The highest BCUT2D eigenvalue weighted by Gasteiger charge is 2.42. The maximum Gasteiger partial charge on any atom is 0.337 e. The number of Topliss-reactive ketones (excluding diaryl/α,β-unsaturated/α-hetero) is 1. The van der Waals surface area contributed by atoms with Gasteiger partial charge in [-0.25, -0.2) is 14.8 Å². The number of ketones is 1. The minimum absolute atomic E-state index is 0.0272. The van der Waals surface area contributed by atoms with Gasteiger partial charge < -0.3 is 19.9 Å². The molecule has 1 aliphatic carbocycles. The zero-order chi connectivity index (χ0) is 25.9. The SMILES string of the molecule is COc1ccccc1[C@H]1CC(=O)C2=C(C1)NC(C)=C(C(=O)OCc1ccncn1)[C@H]2c1cccc(O)c1. The van der Waals surface area contributed by atoms with Crippen LogP contribution in [0.25, 0.3) is 0 Å². The molecule has 2 N–H and O–H groups in total. The quantitative estimate of drug-likeness (QED) is 0.485. The van der Waals surface area contributed by atoms with E-state index in [0.717, 1.165) is 17.0 Å². The van der Waals surface area contributed by atoms with Gasteiger partial charge >= 0.3 is 5.97 Å². The Bertz CT molecular complexity index is 1410. The van der Waals surface area contributed by atoms with Gasteiger partial charge in [0.25, 0.3) is 0 Å². The lowest BCUT2D eigenvalue weighted by Crippen LogP contribution is -2.36. The van der Waals surface area contributed by atoms with Crippen LogP contribution in [-0.2, 0) is 20.9 Å². The number of carbonyl (C=O) groups is 2. The van der Waals surface area contributed by atoms with Gasteiger partial charge in [-0.1, -0.05) is 30.3 Å². The summed E-state index contributed by atoms with van der Waals surface area (Å²) in [4.78, 5) is 35.2. The van der Waals surface area contributed by atoms with E-state index in [4.69, 9.17) is 9.47 Å². The van der Waals surface area contributed by atoms with Crippen molar-refractivity contribution in [1.29, 1.82) is 0 Å². The number of phenols is 1. The fourth-order valence-corrected chi connectivity index (χ4v) is 5.19. The highest BCUT2D eigenvalue weighted by atomic mass is 16.5. The van der Waals surface area contributed by atoms with E-state index in [9.17, 15) is 14.7 Å². The summed E-state index contributed by atoms with van der Waals surface area (Å²) >= 11 is 0. The normalized spacial score (nSPS) is 19.2. The molecule has 2 aliphatic rings. The summed E-state index contributed by atoms with van der Waals surface area (Å²) in [6, 6.07) is 16.1. The number of carbonyl (C=O) groups excluding carboxylic acids is 2. The van der Waals surface area contributed by atoms with E-state index in [1.807, 2.05) is 30.3 Å². The number of hydrogen-bond acceptors (Lipinski definition) is 8. The van der Waals surface area contributed by atoms with Crippen LogP contribution in [0.2, 0.25) is 0 Å². The molecule has 0 amide bonds. The maximum atomic E-state index is 13.7. The number of phenolic OH excluding ortho intramolecular Hbond substituents is 1. The van der Waals surface area contributed by atoms with Gasteiger partial charge in [-0.05, 0) is 48.7 Å². The number of dihydropyridines is 1. The fraction of sp³-hybridized carbons (Fsp3) is 0.241. The number of esters is 1. The lowest BCUT2D eigenvalue weighted by atomic mass is 9.71. The van der Waals surface area contributed by atoms with E-state index in [2.05, 4.69) is 15.3 Å². The van der Waals surface area contributed by atoms with Crippen LogP contribution in [0.3, 0.4) is 0 Å². The molecule has 2 aromatic carbocycles. The molecule has 0 saturated heterocycles. The van der Waals surface area contributed by atoms with Gasteiger partial charge in [0.15, 0.2) is 5.78 Å². The Morgan fingerprint density at radius 1 is 1.14 bits per heavy atom. The van der Waals surface area contributed by atoms with Crippen LogP contribution >= 0.6 is 0 Å². The van der Waals surface area contributed by atoms with Crippen LogP contribution in [-0.4, -0.2) is 33.9 Å². The Labute approximate surface area is 214 Å². The molecule has 1 aliphatic heterocycles. The minimum atomic E-state index is -0.674. The number of aromatic hydroxyl groups is 1. The first-order chi connectivity index (χ1) is 18.0. The van der Waals surface area contributed by atoms with Crippen molar-refractivity contribution < 1.29 is 24.2 Å². The summed E-state index contributed by atoms with van der Waals surface area (Å²) in [6.45, 7) is 1.78. The Balaban J connectivity index is 1.53. The van der Waals surface area contributed by atoms with Crippen molar-refractivity contribution in [1.82, 2.24) is 15.3 Å². The van der Waals surface area contributed by atoms with Crippen LogP contribution in [0.1, 0.15) is 48.4 Å². The van der Waals surface area contributed by atoms with Crippen LogP contribution < -0.4 is 10.1 Å². The molecule has 0 bridgehead atoms. The Hall–Kier alpha value is -4.46. The van der Waals surface area contributed by atoms with Crippen molar-refractivity contribution in [3.05, 3.63) is 106 Å². The van der Waals surface area contributed by atoms with Gasteiger partial charge in [-0.3, -0.25) is 4.79 Å². The van der Waals surface area contributed by atoms with Crippen LogP contribution in [0, 0.1) is 0 Å². The molecule has 2 atom stereocenters. The molecule has 2 heterocycles. The first-order valence-electron chi connectivity index (χ1n) is 12.0. The molecule has 8 nitrogen and oxygen atoms in total. The monoisotopic (exact) mass is 497 g/mol. The van der Waals surface area contributed by atoms with Gasteiger partial charge in [-0.15, -0.1) is 0 Å². The zero-order valence-corrected chi connectivity index (χ0v) is 20.6. The van der Waals surface area contributed by atoms with E-state index < -0.39 is 11.9 Å². The molecule has 5 rings (SSSR count). The third kappa shape index (κ3) is 4.82. The summed E-state index contributed by atoms with van der Waals surface area (Å²) in [6.07, 6.45) is 3.82. The number of para-hydroxylation sites is 1. The van der Waals surface area contributed by atoms with Gasteiger partial charge in [0.05, 0.1) is 18.4 Å². The second-order valence-electron chi connectivity index (χ2n) is 9.13. The summed E-state index contributed by atoms with van der Waals surface area (Å²) in [5.41, 5.74) is 4.41. The highest BCUT2D eigenvalue weighted by molar-refractivity contribution is 6.04. The van der Waals surface area contributed by atoms with Crippen molar-refractivity contribution in [3.63, 3.8) is 0 Å². The molecule has 0 saturated carbocycles. The first kappa shape index (κ1) is 24.2.